The zero-order valence-electron chi connectivity index (χ0n) is 11.2. The molecule has 1 aromatic heterocycles. The molecule has 1 aliphatic rings. The van der Waals surface area contributed by atoms with Gasteiger partial charge in [-0.3, -0.25) is 4.57 Å². The Kier molecular flexibility index (Phi) is 2.57. The van der Waals surface area contributed by atoms with Gasteiger partial charge < -0.3 is 5.32 Å². The summed E-state index contributed by atoms with van der Waals surface area (Å²) in [5.41, 5.74) is -0.451. The summed E-state index contributed by atoms with van der Waals surface area (Å²) in [5, 5.41) is 11.0. The molecule has 3 rings (SSSR count). The molecule has 1 aromatic carbocycles. The van der Waals surface area contributed by atoms with Crippen LogP contribution in [0.25, 0.3) is 5.69 Å². The first-order valence-corrected chi connectivity index (χ1v) is 6.14. The van der Waals surface area contributed by atoms with E-state index in [1.807, 2.05) is 13.8 Å². The summed E-state index contributed by atoms with van der Waals surface area (Å²) in [6.07, 6.45) is -2.78. The number of nitrogens with one attached hydrogen (secondary N) is 1. The fourth-order valence-electron chi connectivity index (χ4n) is 2.56. The van der Waals surface area contributed by atoms with Gasteiger partial charge >= 0.3 is 0 Å². The van der Waals surface area contributed by atoms with Crippen molar-refractivity contribution in [2.24, 2.45) is 0 Å². The molecule has 1 N–H and O–H groups in total. The highest BCUT2D eigenvalue weighted by Crippen LogP contribution is 2.41. The number of rotatable bonds is 1. The lowest BCUT2D eigenvalue weighted by Gasteiger charge is -2.34. The monoisotopic (exact) mass is 282 g/mol. The number of hydrogen-bond acceptors (Lipinski definition) is 3. The largest absolute Gasteiger partial charge is 0.371 e. The van der Waals surface area contributed by atoms with Crippen molar-refractivity contribution in [1.29, 1.82) is 0 Å². The standard InChI is InChI=1S/C13H13F3N4/c1-6-18-19-12-13(2,3)17-9-5-7(14)4-8(11(15)16)10(9)20(6)12/h4-5,11,17H,1-3H3. The Morgan fingerprint density at radius 1 is 1.25 bits per heavy atom. The maximum atomic E-state index is 13.6. The van der Waals surface area contributed by atoms with Gasteiger partial charge in [-0.05, 0) is 32.9 Å². The van der Waals surface area contributed by atoms with E-state index in [-0.39, 0.29) is 11.3 Å². The fraction of sp³-hybridized carbons (Fsp3) is 0.385. The SMILES string of the molecule is Cc1nnc2n1-c1c(cc(F)cc1C(F)F)NC2(C)C. The molecule has 0 amide bonds. The number of fused-ring (bicyclic) bond motifs is 3. The van der Waals surface area contributed by atoms with Crippen LogP contribution in [0.5, 0.6) is 0 Å². The number of alkyl halides is 2. The maximum Gasteiger partial charge on any atom is 0.266 e. The Balaban J connectivity index is 2.39. The van der Waals surface area contributed by atoms with Crippen LogP contribution in [0, 0.1) is 12.7 Å². The van der Waals surface area contributed by atoms with Gasteiger partial charge in [0.1, 0.15) is 11.6 Å². The summed E-state index contributed by atoms with van der Waals surface area (Å²) < 4.78 is 41.5. The van der Waals surface area contributed by atoms with Gasteiger partial charge in [0, 0.05) is 5.56 Å². The van der Waals surface area contributed by atoms with Crippen molar-refractivity contribution in [2.45, 2.75) is 32.7 Å². The van der Waals surface area contributed by atoms with Gasteiger partial charge in [0.15, 0.2) is 5.82 Å². The molecule has 0 saturated carbocycles. The predicted octanol–water partition coefficient (Wildman–Crippen LogP) is 3.31. The Labute approximate surface area is 113 Å². The van der Waals surface area contributed by atoms with E-state index in [0.29, 0.717) is 17.3 Å². The molecular weight excluding hydrogens is 269 g/mol. The van der Waals surface area contributed by atoms with Crippen molar-refractivity contribution >= 4 is 5.69 Å². The van der Waals surface area contributed by atoms with E-state index in [1.54, 1.807) is 11.5 Å². The maximum absolute atomic E-state index is 13.6. The molecule has 0 unspecified atom stereocenters. The average molecular weight is 282 g/mol. The number of halogens is 3. The third-order valence-corrected chi connectivity index (χ3v) is 3.39. The molecule has 0 saturated heterocycles. The van der Waals surface area contributed by atoms with Crippen LogP contribution < -0.4 is 5.32 Å². The number of aryl methyl sites for hydroxylation is 1. The van der Waals surface area contributed by atoms with Crippen molar-refractivity contribution in [3.63, 3.8) is 0 Å². The number of anilines is 1. The minimum absolute atomic E-state index is 0.221. The average Bonchev–Trinajstić information content (AvgIpc) is 2.70. The lowest BCUT2D eigenvalue weighted by molar-refractivity contribution is 0.150. The Morgan fingerprint density at radius 2 is 1.95 bits per heavy atom. The Morgan fingerprint density at radius 3 is 2.60 bits per heavy atom. The van der Waals surface area contributed by atoms with Crippen LogP contribution in [-0.4, -0.2) is 14.8 Å². The molecule has 20 heavy (non-hydrogen) atoms. The normalized spacial score (nSPS) is 15.8. The van der Waals surface area contributed by atoms with Crippen LogP contribution in [0.2, 0.25) is 0 Å². The van der Waals surface area contributed by atoms with Crippen LogP contribution in [0.4, 0.5) is 18.9 Å². The van der Waals surface area contributed by atoms with E-state index in [9.17, 15) is 13.2 Å². The van der Waals surface area contributed by atoms with Gasteiger partial charge in [-0.1, -0.05) is 0 Å². The molecule has 0 atom stereocenters. The van der Waals surface area contributed by atoms with E-state index in [4.69, 9.17) is 0 Å². The fourth-order valence-corrected chi connectivity index (χ4v) is 2.56. The quantitative estimate of drug-likeness (QED) is 0.872. The van der Waals surface area contributed by atoms with Gasteiger partial charge in [0.2, 0.25) is 0 Å². The second-order valence-corrected chi connectivity index (χ2v) is 5.35. The van der Waals surface area contributed by atoms with Crippen molar-refractivity contribution in [3.05, 3.63) is 35.2 Å². The first-order valence-electron chi connectivity index (χ1n) is 6.14. The van der Waals surface area contributed by atoms with Crippen LogP contribution >= 0.6 is 0 Å². The van der Waals surface area contributed by atoms with Crippen molar-refractivity contribution in [3.8, 4) is 5.69 Å². The minimum atomic E-state index is -2.78. The highest BCUT2D eigenvalue weighted by molar-refractivity contribution is 5.69. The molecule has 0 fully saturated rings. The molecular formula is C13H13F3N4. The van der Waals surface area contributed by atoms with Crippen LogP contribution in [0.3, 0.4) is 0 Å². The molecule has 7 heteroatoms. The molecule has 0 bridgehead atoms. The van der Waals surface area contributed by atoms with Gasteiger partial charge in [-0.25, -0.2) is 13.2 Å². The minimum Gasteiger partial charge on any atom is -0.371 e. The van der Waals surface area contributed by atoms with E-state index in [2.05, 4.69) is 15.5 Å². The first kappa shape index (κ1) is 13.0. The number of benzene rings is 1. The second kappa shape index (κ2) is 3.97. The van der Waals surface area contributed by atoms with E-state index >= 15 is 0 Å². The Bertz CT molecular complexity index is 691. The van der Waals surface area contributed by atoms with E-state index < -0.39 is 17.8 Å². The lowest BCUT2D eigenvalue weighted by atomic mass is 9.98. The van der Waals surface area contributed by atoms with E-state index in [0.717, 1.165) is 6.07 Å². The molecule has 106 valence electrons. The molecule has 4 nitrogen and oxygen atoms in total. The third kappa shape index (κ3) is 1.69. The van der Waals surface area contributed by atoms with Gasteiger partial charge in [-0.2, -0.15) is 0 Å². The molecule has 2 aromatic rings. The predicted molar refractivity (Wildman–Crippen MR) is 67.7 cm³/mol. The summed E-state index contributed by atoms with van der Waals surface area (Å²) in [6.45, 7) is 5.35. The van der Waals surface area contributed by atoms with Gasteiger partial charge in [0.05, 0.1) is 16.9 Å². The van der Waals surface area contributed by atoms with Crippen molar-refractivity contribution < 1.29 is 13.2 Å². The molecule has 0 spiro atoms. The third-order valence-electron chi connectivity index (χ3n) is 3.39. The van der Waals surface area contributed by atoms with Gasteiger partial charge in [-0.15, -0.1) is 10.2 Å². The van der Waals surface area contributed by atoms with Crippen LogP contribution in [0.1, 0.15) is 37.5 Å². The van der Waals surface area contributed by atoms with Crippen molar-refractivity contribution in [2.75, 3.05) is 5.32 Å². The summed E-state index contributed by atoms with van der Waals surface area (Å²) in [6, 6.07) is 2.07. The number of nitrogens with zero attached hydrogens (tertiary/aromatic N) is 3. The number of hydrogen-bond donors (Lipinski definition) is 1. The molecule has 2 heterocycles. The lowest BCUT2D eigenvalue weighted by Crippen LogP contribution is -2.36. The summed E-state index contributed by atoms with van der Waals surface area (Å²) in [5.74, 6) is 0.317. The smallest absolute Gasteiger partial charge is 0.266 e. The van der Waals surface area contributed by atoms with E-state index in [1.165, 1.54) is 6.07 Å². The molecule has 1 aliphatic heterocycles. The summed E-state index contributed by atoms with van der Waals surface area (Å²) in [4.78, 5) is 0. The zero-order chi connectivity index (χ0) is 14.7. The molecule has 0 radical (unpaired) electrons. The van der Waals surface area contributed by atoms with Crippen LogP contribution in [0.15, 0.2) is 12.1 Å². The number of aromatic nitrogens is 3. The topological polar surface area (TPSA) is 42.7 Å². The zero-order valence-corrected chi connectivity index (χ0v) is 11.2. The highest BCUT2D eigenvalue weighted by Gasteiger charge is 2.36. The second-order valence-electron chi connectivity index (χ2n) is 5.35. The summed E-state index contributed by atoms with van der Waals surface area (Å²) in [7, 11) is 0. The first-order chi connectivity index (χ1) is 9.31. The molecule has 0 aliphatic carbocycles. The van der Waals surface area contributed by atoms with Gasteiger partial charge in [0.25, 0.3) is 6.43 Å². The van der Waals surface area contributed by atoms with Crippen LogP contribution in [-0.2, 0) is 5.54 Å². The Hall–Kier alpha value is -2.05. The van der Waals surface area contributed by atoms with Crippen molar-refractivity contribution in [1.82, 2.24) is 14.8 Å². The highest BCUT2D eigenvalue weighted by atomic mass is 19.3. The summed E-state index contributed by atoms with van der Waals surface area (Å²) >= 11 is 0.